The van der Waals surface area contributed by atoms with Gasteiger partial charge in [0.05, 0.1) is 6.04 Å². The Morgan fingerprint density at radius 1 is 1.25 bits per heavy atom. The predicted molar refractivity (Wildman–Crippen MR) is 82.8 cm³/mol. The summed E-state index contributed by atoms with van der Waals surface area (Å²) in [6.07, 6.45) is 2.09. The Morgan fingerprint density at radius 2 is 2.00 bits per heavy atom. The van der Waals surface area contributed by atoms with Gasteiger partial charge in [0.1, 0.15) is 0 Å². The van der Waals surface area contributed by atoms with Crippen LogP contribution in [0.4, 0.5) is 0 Å². The lowest BCUT2D eigenvalue weighted by Gasteiger charge is -2.27. The van der Waals surface area contributed by atoms with Crippen molar-refractivity contribution in [1.29, 1.82) is 0 Å². The highest BCUT2D eigenvalue weighted by molar-refractivity contribution is 7.98. The van der Waals surface area contributed by atoms with Crippen LogP contribution >= 0.6 is 11.8 Å². The lowest BCUT2D eigenvalue weighted by Crippen LogP contribution is -2.36. The topological polar surface area (TPSA) is 42.7 Å². The summed E-state index contributed by atoms with van der Waals surface area (Å²) in [5.41, 5.74) is 1.14. The van der Waals surface area contributed by atoms with E-state index < -0.39 is 0 Å². The van der Waals surface area contributed by atoms with Crippen molar-refractivity contribution in [3.63, 3.8) is 0 Å². The summed E-state index contributed by atoms with van der Waals surface area (Å²) in [4.78, 5) is 1.27. The van der Waals surface area contributed by atoms with Gasteiger partial charge in [0.2, 0.25) is 0 Å². The van der Waals surface area contributed by atoms with Gasteiger partial charge < -0.3 is 9.88 Å². The average Bonchev–Trinajstić information content (AvgIpc) is 2.91. The number of nitrogens with zero attached hydrogens (tertiary/aromatic N) is 3. The summed E-state index contributed by atoms with van der Waals surface area (Å²) in [7, 11) is 0. The van der Waals surface area contributed by atoms with Crippen LogP contribution < -0.4 is 5.32 Å². The maximum absolute atomic E-state index is 4.42. The molecule has 2 heterocycles. The van der Waals surface area contributed by atoms with Gasteiger partial charge in [-0.3, -0.25) is 0 Å². The lowest BCUT2D eigenvalue weighted by molar-refractivity contribution is 0.339. The van der Waals surface area contributed by atoms with E-state index in [0.29, 0.717) is 12.0 Å². The second-order valence-corrected chi connectivity index (χ2v) is 6.32. The fourth-order valence-corrected chi connectivity index (χ4v) is 3.08. The number of aromatic nitrogens is 3. The third kappa shape index (κ3) is 2.36. The first-order valence-corrected chi connectivity index (χ1v) is 8.24. The normalized spacial score (nSPS) is 18.3. The van der Waals surface area contributed by atoms with Crippen LogP contribution in [0.15, 0.2) is 29.2 Å². The predicted octanol–water partition coefficient (Wildman–Crippen LogP) is 2.97. The summed E-state index contributed by atoms with van der Waals surface area (Å²) < 4.78 is 2.26. The van der Waals surface area contributed by atoms with Crippen LogP contribution in [0.5, 0.6) is 0 Å². The molecule has 5 heteroatoms. The second kappa shape index (κ2) is 5.58. The van der Waals surface area contributed by atoms with Gasteiger partial charge in [-0.15, -0.1) is 22.0 Å². The molecule has 4 nitrogen and oxygen atoms in total. The van der Waals surface area contributed by atoms with Crippen LogP contribution in [0.25, 0.3) is 11.4 Å². The van der Waals surface area contributed by atoms with Gasteiger partial charge >= 0.3 is 0 Å². The van der Waals surface area contributed by atoms with Crippen molar-refractivity contribution in [1.82, 2.24) is 20.1 Å². The Balaban J connectivity index is 1.99. The van der Waals surface area contributed by atoms with Gasteiger partial charge in [-0.2, -0.15) is 0 Å². The molecule has 1 N–H and O–H groups in total. The van der Waals surface area contributed by atoms with E-state index in [4.69, 9.17) is 0 Å². The van der Waals surface area contributed by atoms with Gasteiger partial charge in [-0.25, -0.2) is 0 Å². The minimum Gasteiger partial charge on any atom is -0.308 e. The molecule has 0 saturated heterocycles. The Bertz CT molecular complexity index is 588. The summed E-state index contributed by atoms with van der Waals surface area (Å²) in [6.45, 7) is 6.35. The fourth-order valence-electron chi connectivity index (χ4n) is 2.68. The molecule has 0 spiro atoms. The van der Waals surface area contributed by atoms with E-state index in [2.05, 4.69) is 64.4 Å². The molecule has 1 atom stereocenters. The highest BCUT2D eigenvalue weighted by Gasteiger charge is 2.27. The monoisotopic (exact) mass is 288 g/mol. The van der Waals surface area contributed by atoms with E-state index >= 15 is 0 Å². The molecule has 0 amide bonds. The molecule has 20 heavy (non-hydrogen) atoms. The Kier molecular flexibility index (Phi) is 3.81. The zero-order valence-corrected chi connectivity index (χ0v) is 12.9. The molecule has 1 aromatic heterocycles. The zero-order chi connectivity index (χ0) is 14.1. The van der Waals surface area contributed by atoms with Crippen molar-refractivity contribution in [2.24, 2.45) is 5.92 Å². The van der Waals surface area contributed by atoms with E-state index in [-0.39, 0.29) is 0 Å². The van der Waals surface area contributed by atoms with Crippen molar-refractivity contribution in [2.75, 3.05) is 12.8 Å². The van der Waals surface area contributed by atoms with Crippen LogP contribution in [0.3, 0.4) is 0 Å². The third-order valence-corrected chi connectivity index (χ3v) is 4.52. The molecule has 0 bridgehead atoms. The average molecular weight is 288 g/mol. The summed E-state index contributed by atoms with van der Waals surface area (Å²) >= 11 is 1.75. The maximum Gasteiger partial charge on any atom is 0.164 e. The first kappa shape index (κ1) is 13.6. The van der Waals surface area contributed by atoms with Crippen LogP contribution in [0.2, 0.25) is 0 Å². The third-order valence-electron chi connectivity index (χ3n) is 3.77. The van der Waals surface area contributed by atoms with Crippen molar-refractivity contribution < 1.29 is 0 Å². The van der Waals surface area contributed by atoms with E-state index in [1.165, 1.54) is 4.90 Å². The molecule has 0 radical (unpaired) electrons. The van der Waals surface area contributed by atoms with Crippen LogP contribution in [-0.4, -0.2) is 27.6 Å². The molecule has 0 aliphatic carbocycles. The van der Waals surface area contributed by atoms with E-state index in [1.54, 1.807) is 11.8 Å². The first-order valence-electron chi connectivity index (χ1n) is 7.01. The smallest absolute Gasteiger partial charge is 0.164 e. The Morgan fingerprint density at radius 3 is 2.65 bits per heavy atom. The largest absolute Gasteiger partial charge is 0.308 e. The van der Waals surface area contributed by atoms with Crippen LogP contribution in [0.1, 0.15) is 25.7 Å². The highest BCUT2D eigenvalue weighted by Crippen LogP contribution is 2.28. The molecule has 1 aliphatic rings. The molecular formula is C15H20N4S. The van der Waals surface area contributed by atoms with E-state index in [1.807, 2.05) is 0 Å². The minimum absolute atomic E-state index is 0.301. The Hall–Kier alpha value is -1.33. The molecular weight excluding hydrogens is 268 g/mol. The van der Waals surface area contributed by atoms with E-state index in [9.17, 15) is 0 Å². The van der Waals surface area contributed by atoms with Crippen molar-refractivity contribution in [2.45, 2.75) is 31.3 Å². The quantitative estimate of drug-likeness (QED) is 0.882. The SMILES string of the molecule is CSc1ccc(-c2nnc3n2CCNC3C(C)C)cc1. The molecule has 1 aliphatic heterocycles. The fraction of sp³-hybridized carbons (Fsp3) is 0.467. The number of rotatable bonds is 3. The van der Waals surface area contributed by atoms with E-state index in [0.717, 1.165) is 30.3 Å². The molecule has 0 fully saturated rings. The number of hydrogen-bond acceptors (Lipinski definition) is 4. The first-order chi connectivity index (χ1) is 9.70. The standard InChI is InChI=1S/C15H20N4S/c1-10(2)13-15-18-17-14(19(15)9-8-16-13)11-4-6-12(20-3)7-5-11/h4-7,10,13,16H,8-9H2,1-3H3. The second-order valence-electron chi connectivity index (χ2n) is 5.44. The van der Waals surface area contributed by atoms with Crippen LogP contribution in [-0.2, 0) is 6.54 Å². The summed E-state index contributed by atoms with van der Waals surface area (Å²) in [5.74, 6) is 2.57. The molecule has 2 aromatic rings. The molecule has 0 saturated carbocycles. The maximum atomic E-state index is 4.42. The summed E-state index contributed by atoms with van der Waals surface area (Å²) in [6, 6.07) is 8.85. The molecule has 106 valence electrons. The van der Waals surface area contributed by atoms with Gasteiger partial charge in [-0.1, -0.05) is 26.0 Å². The molecule has 1 unspecified atom stereocenters. The molecule has 1 aromatic carbocycles. The molecule has 3 rings (SSSR count). The summed E-state index contributed by atoms with van der Waals surface area (Å²) in [5, 5.41) is 12.4. The lowest BCUT2D eigenvalue weighted by atomic mass is 10.0. The van der Waals surface area contributed by atoms with Crippen molar-refractivity contribution in [3.8, 4) is 11.4 Å². The number of nitrogens with one attached hydrogen (secondary N) is 1. The van der Waals surface area contributed by atoms with Crippen molar-refractivity contribution in [3.05, 3.63) is 30.1 Å². The van der Waals surface area contributed by atoms with Gasteiger partial charge in [0, 0.05) is 23.5 Å². The number of fused-ring (bicyclic) bond motifs is 1. The van der Waals surface area contributed by atoms with Gasteiger partial charge in [0.25, 0.3) is 0 Å². The number of thioether (sulfide) groups is 1. The zero-order valence-electron chi connectivity index (χ0n) is 12.1. The number of hydrogen-bond donors (Lipinski definition) is 1. The highest BCUT2D eigenvalue weighted by atomic mass is 32.2. The van der Waals surface area contributed by atoms with Gasteiger partial charge in [-0.05, 0) is 24.3 Å². The number of benzene rings is 1. The van der Waals surface area contributed by atoms with Crippen LogP contribution in [0, 0.1) is 5.92 Å². The minimum atomic E-state index is 0.301. The Labute approximate surface area is 124 Å². The van der Waals surface area contributed by atoms with Gasteiger partial charge in [0.15, 0.2) is 11.6 Å². The van der Waals surface area contributed by atoms with Crippen molar-refractivity contribution >= 4 is 11.8 Å².